The smallest absolute Gasteiger partial charge is 0.243 e. The van der Waals surface area contributed by atoms with E-state index in [1.54, 1.807) is 11.9 Å². The number of amides is 1. The maximum Gasteiger partial charge on any atom is 0.243 e. The van der Waals surface area contributed by atoms with Gasteiger partial charge in [0.2, 0.25) is 5.91 Å². The molecular formula is C15H24N2O. The van der Waals surface area contributed by atoms with E-state index in [1.807, 2.05) is 26.0 Å². The van der Waals surface area contributed by atoms with Crippen LogP contribution in [0.15, 0.2) is 18.2 Å². The Kier molecular flexibility index (Phi) is 4.91. The van der Waals surface area contributed by atoms with Crippen molar-refractivity contribution in [1.29, 1.82) is 0 Å². The van der Waals surface area contributed by atoms with Crippen molar-refractivity contribution in [3.63, 3.8) is 0 Å². The topological polar surface area (TPSA) is 46.3 Å². The molecule has 0 aliphatic heterocycles. The third-order valence-corrected chi connectivity index (χ3v) is 3.09. The Morgan fingerprint density at radius 3 is 2.44 bits per heavy atom. The number of likely N-dealkylation sites (N-methyl/N-ethyl adjacent to an activating group) is 1. The number of anilines is 1. The molecule has 0 heterocycles. The Balaban J connectivity index is 2.86. The molecule has 0 bridgehead atoms. The summed E-state index contributed by atoms with van der Waals surface area (Å²) in [5, 5.41) is 0. The molecule has 100 valence electrons. The molecule has 1 aromatic rings. The zero-order valence-electron chi connectivity index (χ0n) is 12.0. The highest BCUT2D eigenvalue weighted by atomic mass is 16.2. The maximum absolute atomic E-state index is 12.2. The molecule has 0 unspecified atom stereocenters. The van der Waals surface area contributed by atoms with Crippen LogP contribution < -0.4 is 10.6 Å². The van der Waals surface area contributed by atoms with Gasteiger partial charge in [0.05, 0.1) is 6.04 Å². The molecule has 0 aliphatic carbocycles. The van der Waals surface area contributed by atoms with Crippen LogP contribution in [0.25, 0.3) is 0 Å². The van der Waals surface area contributed by atoms with Gasteiger partial charge in [0.15, 0.2) is 0 Å². The van der Waals surface area contributed by atoms with E-state index in [2.05, 4.69) is 19.9 Å². The van der Waals surface area contributed by atoms with Crippen LogP contribution in [0.4, 0.5) is 5.69 Å². The Bertz CT molecular complexity index is 427. The van der Waals surface area contributed by atoms with Crippen LogP contribution in [0, 0.1) is 19.8 Å². The van der Waals surface area contributed by atoms with E-state index in [4.69, 9.17) is 5.73 Å². The van der Waals surface area contributed by atoms with Crippen LogP contribution in [0.2, 0.25) is 0 Å². The summed E-state index contributed by atoms with van der Waals surface area (Å²) >= 11 is 0. The average molecular weight is 248 g/mol. The number of carbonyl (C=O) groups excluding carboxylic acids is 1. The normalized spacial score (nSPS) is 12.6. The predicted octanol–water partition coefficient (Wildman–Crippen LogP) is 2.64. The second-order valence-corrected chi connectivity index (χ2v) is 5.42. The molecule has 0 aromatic heterocycles. The fourth-order valence-electron chi connectivity index (χ4n) is 2.16. The minimum absolute atomic E-state index is 0.0179. The van der Waals surface area contributed by atoms with Crippen LogP contribution in [-0.4, -0.2) is 19.0 Å². The molecule has 0 saturated heterocycles. The Hall–Kier alpha value is -1.35. The van der Waals surface area contributed by atoms with Gasteiger partial charge in [0, 0.05) is 12.7 Å². The van der Waals surface area contributed by atoms with Crippen LogP contribution in [0.1, 0.15) is 31.4 Å². The van der Waals surface area contributed by atoms with Gasteiger partial charge in [0.1, 0.15) is 0 Å². The largest absolute Gasteiger partial charge is 0.320 e. The summed E-state index contributed by atoms with van der Waals surface area (Å²) in [6.07, 6.45) is 0.716. The highest BCUT2D eigenvalue weighted by Gasteiger charge is 2.20. The highest BCUT2D eigenvalue weighted by Crippen LogP contribution is 2.21. The fourth-order valence-corrected chi connectivity index (χ4v) is 2.16. The monoisotopic (exact) mass is 248 g/mol. The van der Waals surface area contributed by atoms with E-state index in [9.17, 15) is 4.79 Å². The molecule has 0 aliphatic rings. The third kappa shape index (κ3) is 3.57. The number of aryl methyl sites for hydroxylation is 2. The molecular weight excluding hydrogens is 224 g/mol. The van der Waals surface area contributed by atoms with Crippen LogP contribution in [0.3, 0.4) is 0 Å². The molecule has 18 heavy (non-hydrogen) atoms. The highest BCUT2D eigenvalue weighted by molar-refractivity contribution is 5.97. The molecule has 0 fully saturated rings. The summed E-state index contributed by atoms with van der Waals surface area (Å²) in [5.41, 5.74) is 9.18. The standard InChI is InChI=1S/C15H24N2O/c1-10(2)8-13(16)15(18)17(5)14-7-6-11(3)9-12(14)4/h6-7,9-10,13H,8,16H2,1-5H3/t13-/m1/s1. The zero-order valence-corrected chi connectivity index (χ0v) is 12.0. The lowest BCUT2D eigenvalue weighted by Gasteiger charge is -2.24. The summed E-state index contributed by atoms with van der Waals surface area (Å²) in [5.74, 6) is 0.409. The second-order valence-electron chi connectivity index (χ2n) is 5.42. The number of benzene rings is 1. The maximum atomic E-state index is 12.2. The summed E-state index contributed by atoms with van der Waals surface area (Å²) in [7, 11) is 1.79. The first-order chi connectivity index (χ1) is 8.32. The molecule has 0 saturated carbocycles. The lowest BCUT2D eigenvalue weighted by Crippen LogP contribution is -2.42. The molecule has 1 amide bonds. The first kappa shape index (κ1) is 14.7. The number of hydrogen-bond donors (Lipinski definition) is 1. The van der Waals surface area contributed by atoms with Crippen molar-refractivity contribution in [3.05, 3.63) is 29.3 Å². The van der Waals surface area contributed by atoms with Crippen molar-refractivity contribution in [1.82, 2.24) is 0 Å². The third-order valence-electron chi connectivity index (χ3n) is 3.09. The number of rotatable bonds is 4. The van der Waals surface area contributed by atoms with Gasteiger partial charge in [-0.05, 0) is 37.8 Å². The van der Waals surface area contributed by atoms with E-state index >= 15 is 0 Å². The summed E-state index contributed by atoms with van der Waals surface area (Å²) in [6, 6.07) is 5.65. The molecule has 0 radical (unpaired) electrons. The van der Waals surface area contributed by atoms with Crippen molar-refractivity contribution >= 4 is 11.6 Å². The van der Waals surface area contributed by atoms with Crippen molar-refractivity contribution in [2.75, 3.05) is 11.9 Å². The Morgan fingerprint density at radius 2 is 1.94 bits per heavy atom. The minimum atomic E-state index is -0.421. The molecule has 1 rings (SSSR count). The molecule has 0 spiro atoms. The van der Waals surface area contributed by atoms with Crippen molar-refractivity contribution < 1.29 is 4.79 Å². The number of carbonyl (C=O) groups is 1. The van der Waals surface area contributed by atoms with E-state index in [0.29, 0.717) is 12.3 Å². The van der Waals surface area contributed by atoms with Crippen LogP contribution >= 0.6 is 0 Å². The van der Waals surface area contributed by atoms with Crippen molar-refractivity contribution in [3.8, 4) is 0 Å². The number of nitrogens with zero attached hydrogens (tertiary/aromatic N) is 1. The summed E-state index contributed by atoms with van der Waals surface area (Å²) < 4.78 is 0. The molecule has 2 N–H and O–H groups in total. The number of nitrogens with two attached hydrogens (primary N) is 1. The molecule has 1 aromatic carbocycles. The predicted molar refractivity (Wildman–Crippen MR) is 76.8 cm³/mol. The minimum Gasteiger partial charge on any atom is -0.320 e. The Labute approximate surface area is 110 Å². The average Bonchev–Trinajstić information content (AvgIpc) is 2.26. The second kappa shape index (κ2) is 6.01. The molecule has 3 nitrogen and oxygen atoms in total. The summed E-state index contributed by atoms with van der Waals surface area (Å²) in [4.78, 5) is 13.9. The quantitative estimate of drug-likeness (QED) is 0.890. The van der Waals surface area contributed by atoms with E-state index in [-0.39, 0.29) is 5.91 Å². The lowest BCUT2D eigenvalue weighted by atomic mass is 10.0. The van der Waals surface area contributed by atoms with Crippen LogP contribution in [0.5, 0.6) is 0 Å². The zero-order chi connectivity index (χ0) is 13.9. The van der Waals surface area contributed by atoms with E-state index in [0.717, 1.165) is 11.3 Å². The first-order valence-corrected chi connectivity index (χ1v) is 6.43. The fraction of sp³-hybridized carbons (Fsp3) is 0.533. The number of hydrogen-bond acceptors (Lipinski definition) is 2. The van der Waals surface area contributed by atoms with Gasteiger partial charge in [-0.15, -0.1) is 0 Å². The van der Waals surface area contributed by atoms with Gasteiger partial charge in [-0.3, -0.25) is 4.79 Å². The van der Waals surface area contributed by atoms with Crippen LogP contribution in [-0.2, 0) is 4.79 Å². The lowest BCUT2D eigenvalue weighted by molar-refractivity contribution is -0.119. The van der Waals surface area contributed by atoms with Gasteiger partial charge in [0.25, 0.3) is 0 Å². The van der Waals surface area contributed by atoms with Crippen molar-refractivity contribution in [2.45, 2.75) is 40.2 Å². The van der Waals surface area contributed by atoms with E-state index in [1.165, 1.54) is 5.56 Å². The van der Waals surface area contributed by atoms with Gasteiger partial charge in [-0.1, -0.05) is 31.5 Å². The summed E-state index contributed by atoms with van der Waals surface area (Å²) in [6.45, 7) is 8.21. The Morgan fingerprint density at radius 1 is 1.33 bits per heavy atom. The molecule has 1 atom stereocenters. The van der Waals surface area contributed by atoms with Crippen molar-refractivity contribution in [2.24, 2.45) is 11.7 Å². The van der Waals surface area contributed by atoms with Gasteiger partial charge in [-0.2, -0.15) is 0 Å². The van der Waals surface area contributed by atoms with Gasteiger partial charge in [-0.25, -0.2) is 0 Å². The SMILES string of the molecule is Cc1ccc(N(C)C(=O)[C@H](N)CC(C)C)c(C)c1. The first-order valence-electron chi connectivity index (χ1n) is 6.43. The van der Waals surface area contributed by atoms with E-state index < -0.39 is 6.04 Å². The molecule has 3 heteroatoms. The van der Waals surface area contributed by atoms with Gasteiger partial charge < -0.3 is 10.6 Å². The van der Waals surface area contributed by atoms with Gasteiger partial charge >= 0.3 is 0 Å².